The summed E-state index contributed by atoms with van der Waals surface area (Å²) >= 11 is 0. The molecule has 6 nitrogen and oxygen atoms in total. The van der Waals surface area contributed by atoms with Crippen molar-refractivity contribution in [3.05, 3.63) is 47.4 Å². The molecule has 0 unspecified atom stereocenters. The third-order valence-corrected chi connectivity index (χ3v) is 2.86. The van der Waals surface area contributed by atoms with Crippen molar-refractivity contribution in [3.63, 3.8) is 0 Å². The Balaban J connectivity index is 2.29. The van der Waals surface area contributed by atoms with E-state index in [0.29, 0.717) is 23.6 Å². The van der Waals surface area contributed by atoms with E-state index in [1.807, 2.05) is 37.1 Å². The largest absolute Gasteiger partial charge is 0.397 e. The van der Waals surface area contributed by atoms with E-state index in [9.17, 15) is 4.79 Å². The normalized spacial score (nSPS) is 10.3. The van der Waals surface area contributed by atoms with Gasteiger partial charge in [0.05, 0.1) is 29.7 Å². The van der Waals surface area contributed by atoms with Gasteiger partial charge in [-0.25, -0.2) is 4.98 Å². The molecule has 0 fully saturated rings. The van der Waals surface area contributed by atoms with E-state index in [2.05, 4.69) is 9.97 Å². The van der Waals surface area contributed by atoms with Crippen LogP contribution in [0.3, 0.4) is 0 Å². The number of anilines is 2. The van der Waals surface area contributed by atoms with Crippen LogP contribution in [-0.4, -0.2) is 22.9 Å². The molecule has 0 saturated carbocycles. The first kappa shape index (κ1) is 13.8. The van der Waals surface area contributed by atoms with Gasteiger partial charge in [-0.15, -0.1) is 0 Å². The molecule has 0 bridgehead atoms. The van der Waals surface area contributed by atoms with Crippen molar-refractivity contribution in [2.75, 3.05) is 17.7 Å². The van der Waals surface area contributed by atoms with Crippen LogP contribution in [0.25, 0.3) is 0 Å². The maximum Gasteiger partial charge on any atom is 0.252 e. The molecule has 1 amide bonds. The smallest absolute Gasteiger partial charge is 0.252 e. The van der Waals surface area contributed by atoms with Gasteiger partial charge in [0, 0.05) is 12.7 Å². The van der Waals surface area contributed by atoms with Gasteiger partial charge in [-0.1, -0.05) is 6.07 Å². The summed E-state index contributed by atoms with van der Waals surface area (Å²) in [6.07, 6.45) is 1.50. The third-order valence-electron chi connectivity index (χ3n) is 2.86. The quantitative estimate of drug-likeness (QED) is 0.867. The zero-order valence-electron chi connectivity index (χ0n) is 11.5. The van der Waals surface area contributed by atoms with E-state index >= 15 is 0 Å². The van der Waals surface area contributed by atoms with Gasteiger partial charge in [0.2, 0.25) is 0 Å². The molecular weight excluding hydrogens is 254 g/mol. The van der Waals surface area contributed by atoms with E-state index in [4.69, 9.17) is 11.5 Å². The molecule has 0 atom stereocenters. The van der Waals surface area contributed by atoms with E-state index in [1.165, 1.54) is 12.3 Å². The molecule has 0 radical (unpaired) electrons. The standard InChI is InChI=1S/C14H17N5O/c1-9-4-3-5-11(18-9)8-19(2)14-12(13(16)20)6-10(15)7-17-14/h3-7H,8,15H2,1-2H3,(H2,16,20). The van der Waals surface area contributed by atoms with E-state index in [0.717, 1.165) is 11.4 Å². The van der Waals surface area contributed by atoms with Crippen LogP contribution in [0.1, 0.15) is 21.7 Å². The Morgan fingerprint density at radius 3 is 2.80 bits per heavy atom. The monoisotopic (exact) mass is 271 g/mol. The minimum absolute atomic E-state index is 0.306. The molecule has 0 saturated heterocycles. The summed E-state index contributed by atoms with van der Waals surface area (Å²) in [5, 5.41) is 0. The van der Waals surface area contributed by atoms with Crippen molar-refractivity contribution in [1.82, 2.24) is 9.97 Å². The molecule has 2 aromatic rings. The second-order valence-corrected chi connectivity index (χ2v) is 4.63. The number of hydrogen-bond acceptors (Lipinski definition) is 5. The third kappa shape index (κ3) is 3.03. The number of pyridine rings is 2. The molecule has 2 heterocycles. The lowest BCUT2D eigenvalue weighted by Crippen LogP contribution is -2.24. The molecule has 2 rings (SSSR count). The molecular formula is C14H17N5O. The summed E-state index contributed by atoms with van der Waals surface area (Å²) in [6.45, 7) is 2.46. The molecule has 2 aromatic heterocycles. The maximum atomic E-state index is 11.5. The van der Waals surface area contributed by atoms with E-state index in [-0.39, 0.29) is 0 Å². The average molecular weight is 271 g/mol. The molecule has 4 N–H and O–H groups in total. The topological polar surface area (TPSA) is 98.1 Å². The fourth-order valence-corrected chi connectivity index (χ4v) is 1.96. The summed E-state index contributed by atoms with van der Waals surface area (Å²) in [4.78, 5) is 21.9. The van der Waals surface area contributed by atoms with Gasteiger partial charge in [-0.3, -0.25) is 9.78 Å². The predicted octanol–water partition coefficient (Wildman–Crippen LogP) is 1.10. The number of rotatable bonds is 4. The van der Waals surface area contributed by atoms with Gasteiger partial charge in [0.25, 0.3) is 5.91 Å². The Kier molecular flexibility index (Phi) is 3.84. The van der Waals surface area contributed by atoms with Crippen molar-refractivity contribution >= 4 is 17.4 Å². The van der Waals surface area contributed by atoms with Crippen LogP contribution in [-0.2, 0) is 6.54 Å². The second kappa shape index (κ2) is 5.56. The van der Waals surface area contributed by atoms with Crippen molar-refractivity contribution < 1.29 is 4.79 Å². The average Bonchev–Trinajstić information content (AvgIpc) is 2.38. The van der Waals surface area contributed by atoms with Gasteiger partial charge in [0.15, 0.2) is 0 Å². The van der Waals surface area contributed by atoms with Gasteiger partial charge in [-0.05, 0) is 25.1 Å². The highest BCUT2D eigenvalue weighted by atomic mass is 16.1. The lowest BCUT2D eigenvalue weighted by molar-refractivity contribution is 0.100. The highest BCUT2D eigenvalue weighted by Crippen LogP contribution is 2.19. The molecule has 20 heavy (non-hydrogen) atoms. The van der Waals surface area contributed by atoms with Crippen LogP contribution in [0.15, 0.2) is 30.5 Å². The Labute approximate surface area is 117 Å². The molecule has 0 spiro atoms. The summed E-state index contributed by atoms with van der Waals surface area (Å²) in [5.41, 5.74) is 13.5. The Hall–Kier alpha value is -2.63. The van der Waals surface area contributed by atoms with Crippen molar-refractivity contribution in [2.24, 2.45) is 5.73 Å². The first-order valence-corrected chi connectivity index (χ1v) is 6.16. The maximum absolute atomic E-state index is 11.5. The molecule has 0 aliphatic heterocycles. The summed E-state index contributed by atoms with van der Waals surface area (Å²) in [7, 11) is 1.83. The minimum Gasteiger partial charge on any atom is -0.397 e. The summed E-state index contributed by atoms with van der Waals surface area (Å²) in [5.74, 6) is -0.0566. The van der Waals surface area contributed by atoms with Crippen LogP contribution in [0.2, 0.25) is 0 Å². The lowest BCUT2D eigenvalue weighted by Gasteiger charge is -2.20. The molecule has 0 aliphatic carbocycles. The Morgan fingerprint density at radius 2 is 2.15 bits per heavy atom. The molecule has 104 valence electrons. The first-order valence-electron chi connectivity index (χ1n) is 6.16. The van der Waals surface area contributed by atoms with Gasteiger partial charge < -0.3 is 16.4 Å². The molecule has 6 heteroatoms. The molecule has 0 aliphatic rings. The first-order chi connectivity index (χ1) is 9.47. The van der Waals surface area contributed by atoms with Gasteiger partial charge >= 0.3 is 0 Å². The number of primary amides is 1. The number of amides is 1. The summed E-state index contributed by atoms with van der Waals surface area (Å²) in [6, 6.07) is 7.33. The zero-order valence-corrected chi connectivity index (χ0v) is 11.5. The number of nitrogen functional groups attached to an aromatic ring is 1. The number of carbonyl (C=O) groups excluding carboxylic acids is 1. The van der Waals surface area contributed by atoms with E-state index in [1.54, 1.807) is 0 Å². The Bertz CT molecular complexity index is 641. The number of hydrogen-bond donors (Lipinski definition) is 2. The van der Waals surface area contributed by atoms with Crippen LogP contribution in [0.5, 0.6) is 0 Å². The Morgan fingerprint density at radius 1 is 1.40 bits per heavy atom. The highest BCUT2D eigenvalue weighted by Gasteiger charge is 2.14. The minimum atomic E-state index is -0.552. The van der Waals surface area contributed by atoms with Gasteiger partial charge in [0.1, 0.15) is 5.82 Å². The lowest BCUT2D eigenvalue weighted by atomic mass is 10.2. The zero-order chi connectivity index (χ0) is 14.7. The van der Waals surface area contributed by atoms with E-state index < -0.39 is 5.91 Å². The van der Waals surface area contributed by atoms with Crippen LogP contribution < -0.4 is 16.4 Å². The van der Waals surface area contributed by atoms with Crippen LogP contribution >= 0.6 is 0 Å². The fraction of sp³-hybridized carbons (Fsp3) is 0.214. The van der Waals surface area contributed by atoms with Crippen molar-refractivity contribution in [2.45, 2.75) is 13.5 Å². The number of nitrogens with zero attached hydrogens (tertiary/aromatic N) is 3. The molecule has 0 aromatic carbocycles. The van der Waals surface area contributed by atoms with Crippen LogP contribution in [0.4, 0.5) is 11.5 Å². The predicted molar refractivity (Wildman–Crippen MR) is 78.2 cm³/mol. The number of aromatic nitrogens is 2. The fourth-order valence-electron chi connectivity index (χ4n) is 1.96. The summed E-state index contributed by atoms with van der Waals surface area (Å²) < 4.78 is 0. The van der Waals surface area contributed by atoms with Gasteiger partial charge in [-0.2, -0.15) is 0 Å². The SMILES string of the molecule is Cc1cccc(CN(C)c2ncc(N)cc2C(N)=O)n1. The number of aryl methyl sites for hydroxylation is 1. The van der Waals surface area contributed by atoms with Crippen LogP contribution in [0, 0.1) is 6.92 Å². The number of carbonyl (C=O) groups is 1. The second-order valence-electron chi connectivity index (χ2n) is 4.63. The van der Waals surface area contributed by atoms with Crippen molar-refractivity contribution in [1.29, 1.82) is 0 Å². The highest BCUT2D eigenvalue weighted by molar-refractivity contribution is 5.98. The number of nitrogens with two attached hydrogens (primary N) is 2. The van der Waals surface area contributed by atoms with Crippen molar-refractivity contribution in [3.8, 4) is 0 Å².